The van der Waals surface area contributed by atoms with Crippen molar-refractivity contribution in [2.24, 2.45) is 4.99 Å². The third-order valence-electron chi connectivity index (χ3n) is 4.42. The molecule has 28 heavy (non-hydrogen) atoms. The van der Waals surface area contributed by atoms with Crippen molar-refractivity contribution >= 4 is 28.0 Å². The first-order valence-corrected chi connectivity index (χ1v) is 9.93. The smallest absolute Gasteiger partial charge is 0.125 e. The highest BCUT2D eigenvalue weighted by atomic mass is 79.9. The van der Waals surface area contributed by atoms with Crippen LogP contribution in [-0.4, -0.2) is 22.4 Å². The van der Waals surface area contributed by atoms with Crippen LogP contribution in [0.2, 0.25) is 0 Å². The number of ether oxygens (including phenoxy) is 1. The van der Waals surface area contributed by atoms with Crippen molar-refractivity contribution in [3.05, 3.63) is 82.4 Å². The molecule has 2 aromatic carbocycles. The van der Waals surface area contributed by atoms with Crippen molar-refractivity contribution in [1.29, 1.82) is 0 Å². The molecule has 0 spiro atoms. The molecule has 0 saturated heterocycles. The number of hydrogen-bond donors (Lipinski definition) is 2. The number of rotatable bonds is 6. The number of hydrazine groups is 2. The lowest BCUT2D eigenvalue weighted by molar-refractivity contribution is 0.248. The Hall–Kier alpha value is -2.93. The van der Waals surface area contributed by atoms with Crippen molar-refractivity contribution in [3.8, 4) is 5.75 Å². The Balaban J connectivity index is 1.41. The van der Waals surface area contributed by atoms with Crippen molar-refractivity contribution in [3.63, 3.8) is 0 Å². The van der Waals surface area contributed by atoms with Gasteiger partial charge in [-0.1, -0.05) is 30.3 Å². The molecule has 144 valence electrons. The van der Waals surface area contributed by atoms with Gasteiger partial charge in [0.2, 0.25) is 0 Å². The van der Waals surface area contributed by atoms with Crippen molar-refractivity contribution in [2.45, 2.75) is 26.5 Å². The monoisotopic (exact) mass is 439 g/mol. The van der Waals surface area contributed by atoms with E-state index in [0.29, 0.717) is 12.6 Å². The van der Waals surface area contributed by atoms with Crippen LogP contribution in [0.3, 0.4) is 0 Å². The highest BCUT2D eigenvalue weighted by Crippen LogP contribution is 2.33. The Morgan fingerprint density at radius 2 is 1.86 bits per heavy atom. The zero-order valence-electron chi connectivity index (χ0n) is 15.8. The number of halogens is 1. The molecule has 0 saturated carbocycles. The normalized spacial score (nSPS) is 15.5. The zero-order valence-corrected chi connectivity index (χ0v) is 17.3. The number of hydrogen-bond acceptors (Lipinski definition) is 6. The van der Waals surface area contributed by atoms with Gasteiger partial charge in [0.1, 0.15) is 34.7 Å². The maximum absolute atomic E-state index is 5.85. The van der Waals surface area contributed by atoms with Crippen LogP contribution in [0.15, 0.2) is 81.8 Å². The molecule has 0 bridgehead atoms. The van der Waals surface area contributed by atoms with Gasteiger partial charge in [-0.3, -0.25) is 15.9 Å². The summed E-state index contributed by atoms with van der Waals surface area (Å²) in [6, 6.07) is 18.3. The minimum atomic E-state index is 0.299. The molecule has 2 heterocycles. The summed E-state index contributed by atoms with van der Waals surface area (Å²) in [5, 5.41) is 3.97. The number of anilines is 1. The van der Waals surface area contributed by atoms with Gasteiger partial charge in [0.25, 0.3) is 0 Å². The first-order valence-electron chi connectivity index (χ1n) is 9.14. The van der Waals surface area contributed by atoms with E-state index in [9.17, 15) is 0 Å². The standard InChI is InChI=1S/C21H22BrN5O/c1-15(2)27-19-12-23-14-26(20(19)21(22)25-27)24-17-8-10-18(11-9-17)28-13-16-6-4-3-5-7-16/h3-12,14-15,24-25H,13H2,1-2H3. The molecule has 0 aliphatic carbocycles. The van der Waals surface area contributed by atoms with Crippen LogP contribution < -0.4 is 15.6 Å². The fraction of sp³-hybridized carbons (Fsp3) is 0.190. The second-order valence-corrected chi connectivity index (χ2v) is 7.59. The summed E-state index contributed by atoms with van der Waals surface area (Å²) in [4.78, 5) is 4.36. The molecule has 4 rings (SSSR count). The summed E-state index contributed by atoms with van der Waals surface area (Å²) in [6.45, 7) is 4.81. The Morgan fingerprint density at radius 3 is 2.57 bits per heavy atom. The minimum Gasteiger partial charge on any atom is -0.489 e. The lowest BCUT2D eigenvalue weighted by Gasteiger charge is -2.30. The molecule has 0 radical (unpaired) electrons. The van der Waals surface area contributed by atoms with Crippen LogP contribution in [-0.2, 0) is 6.61 Å². The van der Waals surface area contributed by atoms with E-state index < -0.39 is 0 Å². The van der Waals surface area contributed by atoms with Gasteiger partial charge < -0.3 is 4.74 Å². The van der Waals surface area contributed by atoms with Crippen LogP contribution in [0.25, 0.3) is 0 Å². The van der Waals surface area contributed by atoms with Gasteiger partial charge in [0.05, 0.1) is 11.9 Å². The van der Waals surface area contributed by atoms with E-state index in [0.717, 1.165) is 33.0 Å². The van der Waals surface area contributed by atoms with E-state index in [1.54, 1.807) is 6.34 Å². The van der Waals surface area contributed by atoms with E-state index in [1.165, 1.54) is 0 Å². The highest BCUT2D eigenvalue weighted by Gasteiger charge is 2.32. The zero-order chi connectivity index (χ0) is 19.5. The molecule has 2 aliphatic rings. The van der Waals surface area contributed by atoms with Gasteiger partial charge in [-0.2, -0.15) is 0 Å². The quantitative estimate of drug-likeness (QED) is 0.645. The Morgan fingerprint density at radius 1 is 1.11 bits per heavy atom. The molecule has 7 heteroatoms. The second kappa shape index (κ2) is 7.98. The number of nitrogens with one attached hydrogen (secondary N) is 2. The van der Waals surface area contributed by atoms with E-state index in [4.69, 9.17) is 4.74 Å². The fourth-order valence-electron chi connectivity index (χ4n) is 3.02. The fourth-order valence-corrected chi connectivity index (χ4v) is 3.61. The van der Waals surface area contributed by atoms with Crippen LogP contribution in [0.4, 0.5) is 5.69 Å². The van der Waals surface area contributed by atoms with Gasteiger partial charge >= 0.3 is 0 Å². The van der Waals surface area contributed by atoms with E-state index in [-0.39, 0.29) is 0 Å². The van der Waals surface area contributed by atoms with Crippen LogP contribution in [0.5, 0.6) is 5.75 Å². The summed E-state index contributed by atoms with van der Waals surface area (Å²) in [5.74, 6) is 0.830. The maximum atomic E-state index is 5.85. The molecular formula is C21H22BrN5O. The third kappa shape index (κ3) is 3.84. The Kier molecular flexibility index (Phi) is 5.25. The predicted octanol–water partition coefficient (Wildman–Crippen LogP) is 4.57. The Labute approximate surface area is 173 Å². The molecule has 6 nitrogen and oxygen atoms in total. The van der Waals surface area contributed by atoms with Gasteiger partial charge in [-0.15, -0.1) is 0 Å². The summed E-state index contributed by atoms with van der Waals surface area (Å²) < 4.78 is 6.75. The molecule has 0 amide bonds. The maximum Gasteiger partial charge on any atom is 0.125 e. The van der Waals surface area contributed by atoms with E-state index >= 15 is 0 Å². The number of fused-ring (bicyclic) bond motifs is 1. The predicted molar refractivity (Wildman–Crippen MR) is 115 cm³/mol. The van der Waals surface area contributed by atoms with E-state index in [2.05, 4.69) is 62.8 Å². The average Bonchev–Trinajstić information content (AvgIpc) is 3.06. The molecule has 0 unspecified atom stereocenters. The number of nitrogens with zero attached hydrogens (tertiary/aromatic N) is 3. The van der Waals surface area contributed by atoms with Crippen LogP contribution in [0, 0.1) is 0 Å². The second-order valence-electron chi connectivity index (χ2n) is 6.80. The van der Waals surface area contributed by atoms with Crippen molar-refractivity contribution in [1.82, 2.24) is 15.4 Å². The first-order chi connectivity index (χ1) is 13.6. The summed E-state index contributed by atoms with van der Waals surface area (Å²) in [6.07, 6.45) is 3.61. The molecular weight excluding hydrogens is 418 g/mol. The molecule has 2 aromatic rings. The molecule has 0 fully saturated rings. The minimum absolute atomic E-state index is 0.299. The number of benzene rings is 2. The topological polar surface area (TPSA) is 52.1 Å². The molecule has 0 aromatic heterocycles. The summed E-state index contributed by atoms with van der Waals surface area (Å²) >= 11 is 3.62. The SMILES string of the molecule is CC(C)N1NC(Br)=C2C1=CN=CN2Nc1ccc(OCc2ccccc2)cc1. The van der Waals surface area contributed by atoms with Crippen molar-refractivity contribution < 1.29 is 4.74 Å². The lowest BCUT2D eigenvalue weighted by atomic mass is 10.2. The van der Waals surface area contributed by atoms with Gasteiger partial charge in [0, 0.05) is 6.04 Å². The van der Waals surface area contributed by atoms with Gasteiger partial charge in [-0.05, 0) is 59.6 Å². The average molecular weight is 440 g/mol. The van der Waals surface area contributed by atoms with Crippen LogP contribution in [0.1, 0.15) is 19.4 Å². The van der Waals surface area contributed by atoms with Gasteiger partial charge in [-0.25, -0.2) is 10.0 Å². The largest absolute Gasteiger partial charge is 0.489 e. The molecule has 0 atom stereocenters. The van der Waals surface area contributed by atoms with Crippen molar-refractivity contribution in [2.75, 3.05) is 5.43 Å². The Bertz CT molecular complexity index is 922. The first kappa shape index (κ1) is 18.4. The lowest BCUT2D eigenvalue weighted by Crippen LogP contribution is -2.38. The third-order valence-corrected chi connectivity index (χ3v) is 4.97. The summed E-state index contributed by atoms with van der Waals surface area (Å²) in [7, 11) is 0. The van der Waals surface area contributed by atoms with Crippen LogP contribution >= 0.6 is 15.9 Å². The molecule has 2 N–H and O–H groups in total. The number of aliphatic imine (C=N–C) groups is 1. The highest BCUT2D eigenvalue weighted by molar-refractivity contribution is 9.11. The summed E-state index contributed by atoms with van der Waals surface area (Å²) in [5.41, 5.74) is 10.8. The van der Waals surface area contributed by atoms with Gasteiger partial charge in [0.15, 0.2) is 0 Å². The molecule has 2 aliphatic heterocycles. The van der Waals surface area contributed by atoms with E-state index in [1.807, 2.05) is 53.7 Å².